The number of halogens is 2. The molecule has 0 spiro atoms. The molecule has 3 aliphatic rings. The minimum absolute atomic E-state index is 0.0793. The Morgan fingerprint density at radius 2 is 1.72 bits per heavy atom. The Morgan fingerprint density at radius 3 is 2.31 bits per heavy atom. The average Bonchev–Trinajstić information content (AvgIpc) is 3.61. The van der Waals surface area contributed by atoms with Crippen LogP contribution in [0, 0.1) is 0 Å². The van der Waals surface area contributed by atoms with Crippen LogP contribution >= 0.6 is 11.3 Å². The fourth-order valence-electron chi connectivity index (χ4n) is 5.72. The first kappa shape index (κ1) is 25.0. The minimum atomic E-state index is -2.78. The number of hydrogen-bond donors (Lipinski definition) is 2. The molecule has 7 nitrogen and oxygen atoms in total. The zero-order chi connectivity index (χ0) is 25.6. The number of hydrogen-bond acceptors (Lipinski definition) is 6. The van der Waals surface area contributed by atoms with Gasteiger partial charge in [-0.15, -0.1) is 11.3 Å². The molecule has 0 radical (unpaired) electrons. The Bertz CT molecular complexity index is 1140. The molecule has 5 rings (SSSR count). The van der Waals surface area contributed by atoms with Crippen molar-refractivity contribution in [2.45, 2.75) is 102 Å². The second-order valence-corrected chi connectivity index (χ2v) is 12.2. The Labute approximate surface area is 214 Å². The minimum Gasteiger partial charge on any atom is -0.365 e. The van der Waals surface area contributed by atoms with Crippen molar-refractivity contribution in [3.63, 3.8) is 0 Å². The van der Waals surface area contributed by atoms with Crippen LogP contribution in [-0.4, -0.2) is 50.3 Å². The number of nitrogens with zero attached hydrogens (tertiary/aromatic N) is 3. The van der Waals surface area contributed by atoms with Crippen LogP contribution in [0.4, 0.5) is 14.6 Å². The molecule has 2 saturated heterocycles. The number of rotatable bonds is 6. The van der Waals surface area contributed by atoms with E-state index in [9.17, 15) is 18.4 Å². The summed E-state index contributed by atoms with van der Waals surface area (Å²) in [4.78, 5) is 37.8. The molecule has 36 heavy (non-hydrogen) atoms. The van der Waals surface area contributed by atoms with Crippen LogP contribution in [0.15, 0.2) is 12.3 Å². The summed E-state index contributed by atoms with van der Waals surface area (Å²) in [5.74, 6) is -0.298. The lowest BCUT2D eigenvalue weighted by atomic mass is 10.0. The summed E-state index contributed by atoms with van der Waals surface area (Å²) in [7, 11) is 0. The van der Waals surface area contributed by atoms with Crippen molar-refractivity contribution in [3.05, 3.63) is 28.5 Å². The van der Waals surface area contributed by atoms with E-state index in [1.54, 1.807) is 0 Å². The van der Waals surface area contributed by atoms with Gasteiger partial charge in [-0.1, -0.05) is 12.8 Å². The van der Waals surface area contributed by atoms with Gasteiger partial charge in [0.25, 0.3) is 18.2 Å². The number of carbonyl (C=O) groups is 2. The number of thiazole rings is 1. The molecule has 2 bridgehead atoms. The molecule has 2 N–H and O–H groups in total. The van der Waals surface area contributed by atoms with E-state index in [2.05, 4.69) is 20.6 Å². The highest BCUT2D eigenvalue weighted by molar-refractivity contribution is 7.17. The van der Waals surface area contributed by atoms with Crippen LogP contribution in [0.25, 0.3) is 10.4 Å². The largest absolute Gasteiger partial charge is 0.365 e. The van der Waals surface area contributed by atoms with Crippen molar-refractivity contribution in [2.24, 2.45) is 0 Å². The van der Waals surface area contributed by atoms with E-state index in [1.807, 2.05) is 25.7 Å². The molecule has 0 atom stereocenters. The van der Waals surface area contributed by atoms with E-state index in [1.165, 1.54) is 12.3 Å². The lowest BCUT2D eigenvalue weighted by Crippen LogP contribution is -2.36. The third-order valence-electron chi connectivity index (χ3n) is 7.32. The summed E-state index contributed by atoms with van der Waals surface area (Å²) in [6, 6.07) is 1.72. The number of amides is 2. The van der Waals surface area contributed by atoms with Crippen molar-refractivity contribution < 1.29 is 18.4 Å². The van der Waals surface area contributed by atoms with Gasteiger partial charge in [0.05, 0.1) is 4.88 Å². The van der Waals surface area contributed by atoms with Gasteiger partial charge in [-0.25, -0.2) is 18.7 Å². The van der Waals surface area contributed by atoms with E-state index >= 15 is 0 Å². The van der Waals surface area contributed by atoms with Gasteiger partial charge in [-0.3, -0.25) is 9.59 Å². The molecule has 2 aliphatic heterocycles. The van der Waals surface area contributed by atoms with Crippen molar-refractivity contribution in [1.29, 1.82) is 0 Å². The summed E-state index contributed by atoms with van der Waals surface area (Å²) in [6.07, 6.45) is 6.32. The maximum Gasteiger partial charge on any atom is 0.280 e. The normalized spacial score (nSPS) is 22.0. The van der Waals surface area contributed by atoms with Gasteiger partial charge in [0, 0.05) is 41.0 Å². The molecule has 2 amide bonds. The summed E-state index contributed by atoms with van der Waals surface area (Å²) < 4.78 is 28.6. The van der Waals surface area contributed by atoms with Gasteiger partial charge in [0.1, 0.15) is 11.5 Å². The van der Waals surface area contributed by atoms with Crippen molar-refractivity contribution >= 4 is 29.0 Å². The second-order valence-electron chi connectivity index (χ2n) is 11.2. The van der Waals surface area contributed by atoms with Gasteiger partial charge in [-0.2, -0.15) is 0 Å². The Kier molecular flexibility index (Phi) is 6.74. The fourth-order valence-corrected chi connectivity index (χ4v) is 6.71. The van der Waals surface area contributed by atoms with Gasteiger partial charge >= 0.3 is 0 Å². The topological polar surface area (TPSA) is 87.2 Å². The van der Waals surface area contributed by atoms with Crippen molar-refractivity contribution in [3.8, 4) is 10.4 Å². The maximum atomic E-state index is 14.3. The standard InChI is InChI=1S/C26H33F2N5O2S/c1-26(2,3)32-19-12-17(22(27)28)18(13-29-19)21-20(25(35)33-15-8-9-16(33)11-10-15)31-24(36-21)23(34)30-14-6-4-5-7-14/h12-16,22H,4-11H2,1-3H3,(H,29,32)(H,30,34). The molecule has 1 saturated carbocycles. The quantitative estimate of drug-likeness (QED) is 0.506. The first-order valence-electron chi connectivity index (χ1n) is 12.8. The van der Waals surface area contributed by atoms with E-state index in [0.29, 0.717) is 5.82 Å². The Morgan fingerprint density at radius 1 is 1.08 bits per heavy atom. The smallest absolute Gasteiger partial charge is 0.280 e. The molecule has 2 aromatic rings. The number of aromatic nitrogens is 2. The number of carbonyl (C=O) groups excluding carboxylic acids is 2. The van der Waals surface area contributed by atoms with Crippen LogP contribution in [-0.2, 0) is 0 Å². The van der Waals surface area contributed by atoms with E-state index in [4.69, 9.17) is 0 Å². The lowest BCUT2D eigenvalue weighted by molar-refractivity contribution is 0.0725. The molecule has 2 aromatic heterocycles. The maximum absolute atomic E-state index is 14.3. The zero-order valence-electron chi connectivity index (χ0n) is 20.9. The first-order chi connectivity index (χ1) is 17.1. The van der Waals surface area contributed by atoms with E-state index in [0.717, 1.165) is 62.7 Å². The molecule has 10 heteroatoms. The number of nitrogens with one attached hydrogen (secondary N) is 2. The fraction of sp³-hybridized carbons (Fsp3) is 0.615. The van der Waals surface area contributed by atoms with Gasteiger partial charge in [-0.05, 0) is 65.4 Å². The summed E-state index contributed by atoms with van der Waals surface area (Å²) >= 11 is 1.00. The van der Waals surface area contributed by atoms with Crippen molar-refractivity contribution in [2.75, 3.05) is 5.32 Å². The molecular weight excluding hydrogens is 484 g/mol. The van der Waals surface area contributed by atoms with E-state index in [-0.39, 0.29) is 62.2 Å². The lowest BCUT2D eigenvalue weighted by Gasteiger charge is -2.23. The van der Waals surface area contributed by atoms with Crippen LogP contribution in [0.3, 0.4) is 0 Å². The van der Waals surface area contributed by atoms with Crippen molar-refractivity contribution in [1.82, 2.24) is 20.2 Å². The number of alkyl halides is 2. The highest BCUT2D eigenvalue weighted by Gasteiger charge is 2.44. The van der Waals surface area contributed by atoms with Crippen LogP contribution in [0.1, 0.15) is 104 Å². The highest BCUT2D eigenvalue weighted by Crippen LogP contribution is 2.42. The Balaban J connectivity index is 1.55. The molecule has 194 valence electrons. The van der Waals surface area contributed by atoms with Gasteiger partial charge < -0.3 is 15.5 Å². The Hall–Kier alpha value is -2.62. The van der Waals surface area contributed by atoms with Crippen LogP contribution < -0.4 is 10.6 Å². The highest BCUT2D eigenvalue weighted by atomic mass is 32.1. The molecule has 1 aliphatic carbocycles. The monoisotopic (exact) mass is 517 g/mol. The van der Waals surface area contributed by atoms with Crippen LogP contribution in [0.5, 0.6) is 0 Å². The summed E-state index contributed by atoms with van der Waals surface area (Å²) in [5, 5.41) is 6.26. The average molecular weight is 518 g/mol. The number of pyridine rings is 1. The third-order valence-corrected chi connectivity index (χ3v) is 8.41. The molecule has 4 heterocycles. The third kappa shape index (κ3) is 4.96. The second kappa shape index (κ2) is 9.68. The first-order valence-corrected chi connectivity index (χ1v) is 13.6. The number of fused-ring (bicyclic) bond motifs is 2. The summed E-state index contributed by atoms with van der Waals surface area (Å²) in [6.45, 7) is 5.76. The molecule has 3 fully saturated rings. The molecule has 0 unspecified atom stereocenters. The molecular formula is C26H33F2N5O2S. The predicted molar refractivity (Wildman–Crippen MR) is 136 cm³/mol. The SMILES string of the molecule is CC(C)(C)Nc1cc(C(F)F)c(-c2sc(C(=O)NC3CCCC3)nc2C(=O)N2C3CCC2CC3)cn1. The van der Waals surface area contributed by atoms with Crippen LogP contribution in [0.2, 0.25) is 0 Å². The number of anilines is 1. The zero-order valence-corrected chi connectivity index (χ0v) is 21.8. The van der Waals surface area contributed by atoms with Gasteiger partial charge in [0.2, 0.25) is 0 Å². The molecule has 0 aromatic carbocycles. The predicted octanol–water partition coefficient (Wildman–Crippen LogP) is 5.79. The van der Waals surface area contributed by atoms with Gasteiger partial charge in [0.15, 0.2) is 5.01 Å². The summed E-state index contributed by atoms with van der Waals surface area (Å²) in [5.41, 5.74) is -0.367. The van der Waals surface area contributed by atoms with E-state index < -0.39 is 6.43 Å².